The largest absolute Gasteiger partial charge is 0.352 e. The molecule has 0 aliphatic rings. The van der Waals surface area contributed by atoms with Gasteiger partial charge in [-0.15, -0.1) is 0 Å². The van der Waals surface area contributed by atoms with Crippen LogP contribution in [0.25, 0.3) is 11.1 Å². The van der Waals surface area contributed by atoms with E-state index in [2.05, 4.69) is 48.7 Å². The van der Waals surface area contributed by atoms with E-state index in [9.17, 15) is 4.79 Å². The maximum Gasteiger partial charge on any atom is 0.252 e. The van der Waals surface area contributed by atoms with Gasteiger partial charge in [0.2, 0.25) is 0 Å². The Labute approximate surface area is 171 Å². The molecule has 0 heterocycles. The number of amides is 1. The molecule has 3 aromatic carbocycles. The molecule has 0 atom stereocenters. The lowest BCUT2D eigenvalue weighted by Gasteiger charge is -2.14. The van der Waals surface area contributed by atoms with Gasteiger partial charge in [-0.3, -0.25) is 4.79 Å². The summed E-state index contributed by atoms with van der Waals surface area (Å²) in [6.07, 6.45) is 0. The molecule has 0 aromatic heterocycles. The molecule has 0 bridgehead atoms. The minimum atomic E-state index is -0.104. The van der Waals surface area contributed by atoms with Crippen molar-refractivity contribution in [1.82, 2.24) is 5.32 Å². The predicted molar refractivity (Wildman–Crippen MR) is 121 cm³/mol. The standard InChI is InChI=1S/C24H24N2OS/c1-17(2)16-25-23(27)21-10-6-7-11-22(21)24(28)26-20-14-12-19(13-15-20)18-8-4-3-5-9-18/h3-15,17H,16H2,1-2H3,(H,25,27)(H,26,28). The third-order valence-electron chi connectivity index (χ3n) is 4.34. The number of thiocarbonyl (C=S) groups is 1. The Morgan fingerprint density at radius 2 is 1.39 bits per heavy atom. The molecule has 0 fully saturated rings. The first-order valence-electron chi connectivity index (χ1n) is 9.38. The molecule has 1 amide bonds. The summed E-state index contributed by atoms with van der Waals surface area (Å²) in [5.41, 5.74) is 4.52. The highest BCUT2D eigenvalue weighted by Crippen LogP contribution is 2.22. The lowest BCUT2D eigenvalue weighted by atomic mass is 10.0. The van der Waals surface area contributed by atoms with Gasteiger partial charge in [0.05, 0.1) is 0 Å². The number of carbonyl (C=O) groups excluding carboxylic acids is 1. The van der Waals surface area contributed by atoms with Crippen molar-refractivity contribution in [3.05, 3.63) is 90.0 Å². The Morgan fingerprint density at radius 1 is 0.821 bits per heavy atom. The monoisotopic (exact) mass is 388 g/mol. The predicted octanol–water partition coefficient (Wildman–Crippen LogP) is 5.53. The highest BCUT2D eigenvalue weighted by molar-refractivity contribution is 7.81. The van der Waals surface area contributed by atoms with E-state index in [1.807, 2.05) is 48.5 Å². The molecule has 0 aliphatic carbocycles. The Balaban J connectivity index is 1.74. The number of nitrogens with one attached hydrogen (secondary N) is 2. The lowest BCUT2D eigenvalue weighted by molar-refractivity contribution is 0.0949. The fourth-order valence-electron chi connectivity index (χ4n) is 2.85. The molecule has 4 heteroatoms. The van der Waals surface area contributed by atoms with E-state index in [1.165, 1.54) is 5.56 Å². The van der Waals surface area contributed by atoms with E-state index in [0.717, 1.165) is 16.8 Å². The van der Waals surface area contributed by atoms with E-state index in [1.54, 1.807) is 6.07 Å². The maximum atomic E-state index is 12.5. The second-order valence-corrected chi connectivity index (χ2v) is 7.46. The molecule has 2 N–H and O–H groups in total. The van der Waals surface area contributed by atoms with Crippen LogP contribution in [0.4, 0.5) is 5.69 Å². The van der Waals surface area contributed by atoms with Crippen molar-refractivity contribution in [2.75, 3.05) is 11.9 Å². The van der Waals surface area contributed by atoms with Crippen molar-refractivity contribution < 1.29 is 4.79 Å². The summed E-state index contributed by atoms with van der Waals surface area (Å²) in [7, 11) is 0. The molecular weight excluding hydrogens is 364 g/mol. The first-order valence-corrected chi connectivity index (χ1v) is 9.79. The van der Waals surface area contributed by atoms with Crippen molar-refractivity contribution in [2.45, 2.75) is 13.8 Å². The summed E-state index contributed by atoms with van der Waals surface area (Å²) in [5.74, 6) is 0.289. The van der Waals surface area contributed by atoms with Crippen LogP contribution in [0.5, 0.6) is 0 Å². The minimum absolute atomic E-state index is 0.104. The molecule has 0 spiro atoms. The Bertz CT molecular complexity index is 950. The molecule has 0 saturated heterocycles. The molecule has 3 aromatic rings. The third kappa shape index (κ3) is 5.05. The van der Waals surface area contributed by atoms with E-state index in [4.69, 9.17) is 12.2 Å². The molecule has 0 saturated carbocycles. The first kappa shape index (κ1) is 19.8. The van der Waals surface area contributed by atoms with Gasteiger partial charge in [-0.2, -0.15) is 0 Å². The van der Waals surface area contributed by atoms with Gasteiger partial charge in [0.25, 0.3) is 5.91 Å². The second kappa shape index (κ2) is 9.29. The molecule has 28 heavy (non-hydrogen) atoms. The van der Waals surface area contributed by atoms with E-state index in [0.29, 0.717) is 23.0 Å². The van der Waals surface area contributed by atoms with Gasteiger partial charge in [-0.25, -0.2) is 0 Å². The SMILES string of the molecule is CC(C)CNC(=O)c1ccccc1C(=S)Nc1ccc(-c2ccccc2)cc1. The van der Waals surface area contributed by atoms with E-state index >= 15 is 0 Å². The van der Waals surface area contributed by atoms with Crippen molar-refractivity contribution in [3.8, 4) is 11.1 Å². The smallest absolute Gasteiger partial charge is 0.252 e. The summed E-state index contributed by atoms with van der Waals surface area (Å²) in [5, 5.41) is 6.21. The molecule has 0 unspecified atom stereocenters. The molecule has 0 radical (unpaired) electrons. The lowest BCUT2D eigenvalue weighted by Crippen LogP contribution is -2.29. The zero-order chi connectivity index (χ0) is 19.9. The average molecular weight is 389 g/mol. The summed E-state index contributed by atoms with van der Waals surface area (Å²) >= 11 is 5.58. The van der Waals surface area contributed by atoms with Crippen molar-refractivity contribution in [3.63, 3.8) is 0 Å². The quantitative estimate of drug-likeness (QED) is 0.546. The zero-order valence-electron chi connectivity index (χ0n) is 16.1. The van der Waals surface area contributed by atoms with Crippen LogP contribution in [0.3, 0.4) is 0 Å². The summed E-state index contributed by atoms with van der Waals surface area (Å²) < 4.78 is 0. The number of anilines is 1. The van der Waals surface area contributed by atoms with Gasteiger partial charge in [0.15, 0.2) is 0 Å². The number of rotatable bonds is 6. The number of carbonyl (C=O) groups is 1. The topological polar surface area (TPSA) is 41.1 Å². The van der Waals surface area contributed by atoms with E-state index in [-0.39, 0.29) is 5.91 Å². The number of hydrogen-bond acceptors (Lipinski definition) is 2. The summed E-state index contributed by atoms with van der Waals surface area (Å²) in [4.78, 5) is 13.1. The van der Waals surface area contributed by atoms with Gasteiger partial charge in [-0.05, 0) is 35.2 Å². The number of benzene rings is 3. The molecule has 3 nitrogen and oxygen atoms in total. The van der Waals surface area contributed by atoms with Gasteiger partial charge >= 0.3 is 0 Å². The Hall–Kier alpha value is -2.98. The first-order chi connectivity index (χ1) is 13.5. The van der Waals surface area contributed by atoms with Crippen molar-refractivity contribution in [1.29, 1.82) is 0 Å². The van der Waals surface area contributed by atoms with Crippen LogP contribution in [0, 0.1) is 5.92 Å². The Morgan fingerprint density at radius 3 is 2.04 bits per heavy atom. The number of hydrogen-bond donors (Lipinski definition) is 2. The van der Waals surface area contributed by atoms with Crippen molar-refractivity contribution in [2.24, 2.45) is 5.92 Å². The van der Waals surface area contributed by atoms with Crippen LogP contribution in [0.1, 0.15) is 29.8 Å². The van der Waals surface area contributed by atoms with Crippen LogP contribution < -0.4 is 10.6 Å². The Kier molecular flexibility index (Phi) is 6.56. The van der Waals surface area contributed by atoms with Gasteiger partial charge < -0.3 is 10.6 Å². The molecule has 3 rings (SSSR count). The highest BCUT2D eigenvalue weighted by atomic mass is 32.1. The van der Waals surface area contributed by atoms with Crippen LogP contribution in [-0.4, -0.2) is 17.4 Å². The van der Waals surface area contributed by atoms with Crippen LogP contribution >= 0.6 is 12.2 Å². The highest BCUT2D eigenvalue weighted by Gasteiger charge is 2.14. The third-order valence-corrected chi connectivity index (χ3v) is 4.66. The molecular formula is C24H24N2OS. The van der Waals surface area contributed by atoms with Crippen molar-refractivity contribution >= 4 is 28.8 Å². The maximum absolute atomic E-state index is 12.5. The van der Waals surface area contributed by atoms with Gasteiger partial charge in [-0.1, -0.05) is 86.7 Å². The molecule has 142 valence electrons. The van der Waals surface area contributed by atoms with Gasteiger partial charge in [0.1, 0.15) is 4.99 Å². The van der Waals surface area contributed by atoms with Gasteiger partial charge in [0, 0.05) is 23.4 Å². The summed E-state index contributed by atoms with van der Waals surface area (Å²) in [6.45, 7) is 4.77. The van der Waals surface area contributed by atoms with E-state index < -0.39 is 0 Å². The zero-order valence-corrected chi connectivity index (χ0v) is 16.9. The van der Waals surface area contributed by atoms with Crippen LogP contribution in [-0.2, 0) is 0 Å². The average Bonchev–Trinajstić information content (AvgIpc) is 2.73. The normalized spacial score (nSPS) is 10.5. The summed E-state index contributed by atoms with van der Waals surface area (Å²) in [6, 6.07) is 25.7. The fourth-order valence-corrected chi connectivity index (χ4v) is 3.14. The second-order valence-electron chi connectivity index (χ2n) is 7.05. The minimum Gasteiger partial charge on any atom is -0.352 e. The molecule has 0 aliphatic heterocycles. The van der Waals surface area contributed by atoms with Crippen LogP contribution in [0.15, 0.2) is 78.9 Å². The van der Waals surface area contributed by atoms with Crippen LogP contribution in [0.2, 0.25) is 0 Å². The fraction of sp³-hybridized carbons (Fsp3) is 0.167.